The van der Waals surface area contributed by atoms with E-state index in [4.69, 9.17) is 5.73 Å². The lowest BCUT2D eigenvalue weighted by molar-refractivity contribution is 0.475. The zero-order chi connectivity index (χ0) is 10.8. The summed E-state index contributed by atoms with van der Waals surface area (Å²) in [6.45, 7) is 0. The fraction of sp³-hybridized carbons (Fsp3) is 0. The van der Waals surface area contributed by atoms with Gasteiger partial charge in [-0.1, -0.05) is 18.2 Å². The SMILES string of the molecule is Nc1ccc(-c2cccc(O)c2)cc1I. The second-order valence-electron chi connectivity index (χ2n) is 3.29. The monoisotopic (exact) mass is 311 g/mol. The van der Waals surface area contributed by atoms with Crippen molar-refractivity contribution in [3.05, 3.63) is 46.0 Å². The van der Waals surface area contributed by atoms with E-state index in [2.05, 4.69) is 22.6 Å². The molecule has 0 amide bonds. The zero-order valence-corrected chi connectivity index (χ0v) is 10.1. The quantitative estimate of drug-likeness (QED) is 0.627. The van der Waals surface area contributed by atoms with Gasteiger partial charge in [0.2, 0.25) is 0 Å². The maximum Gasteiger partial charge on any atom is 0.116 e. The molecule has 0 bridgehead atoms. The van der Waals surface area contributed by atoms with E-state index in [0.29, 0.717) is 0 Å². The standard InChI is InChI=1S/C12H10INO/c13-11-7-9(4-5-12(11)14)8-2-1-3-10(15)6-8/h1-7,15H,14H2. The van der Waals surface area contributed by atoms with Crippen molar-refractivity contribution in [1.82, 2.24) is 0 Å². The van der Waals surface area contributed by atoms with Gasteiger partial charge in [-0.3, -0.25) is 0 Å². The molecule has 2 aromatic rings. The minimum Gasteiger partial charge on any atom is -0.508 e. The summed E-state index contributed by atoms with van der Waals surface area (Å²) in [4.78, 5) is 0. The molecule has 0 heterocycles. The minimum absolute atomic E-state index is 0.277. The molecule has 0 aromatic heterocycles. The van der Waals surface area contributed by atoms with Gasteiger partial charge in [0.1, 0.15) is 5.75 Å². The Morgan fingerprint density at radius 2 is 1.73 bits per heavy atom. The Labute approximate surface area is 102 Å². The molecule has 3 N–H and O–H groups in total. The first-order chi connectivity index (χ1) is 7.16. The van der Waals surface area contributed by atoms with E-state index in [1.165, 1.54) is 0 Å². The molecule has 3 heteroatoms. The number of aromatic hydroxyl groups is 1. The normalized spacial score (nSPS) is 10.2. The Morgan fingerprint density at radius 3 is 2.40 bits per heavy atom. The fourth-order valence-corrected chi connectivity index (χ4v) is 1.91. The molecule has 15 heavy (non-hydrogen) atoms. The van der Waals surface area contributed by atoms with Gasteiger partial charge in [-0.2, -0.15) is 0 Å². The van der Waals surface area contributed by atoms with Crippen LogP contribution in [0.25, 0.3) is 11.1 Å². The van der Waals surface area contributed by atoms with Gasteiger partial charge in [0, 0.05) is 9.26 Å². The first-order valence-electron chi connectivity index (χ1n) is 4.51. The van der Waals surface area contributed by atoms with Crippen LogP contribution >= 0.6 is 22.6 Å². The highest BCUT2D eigenvalue weighted by molar-refractivity contribution is 14.1. The highest BCUT2D eigenvalue weighted by atomic mass is 127. The maximum absolute atomic E-state index is 9.37. The third kappa shape index (κ3) is 2.23. The summed E-state index contributed by atoms with van der Waals surface area (Å²) < 4.78 is 1.02. The zero-order valence-electron chi connectivity index (χ0n) is 7.94. The highest BCUT2D eigenvalue weighted by Gasteiger charge is 2.01. The van der Waals surface area contributed by atoms with E-state index in [0.717, 1.165) is 20.4 Å². The van der Waals surface area contributed by atoms with Gasteiger partial charge < -0.3 is 10.8 Å². The third-order valence-electron chi connectivity index (χ3n) is 2.18. The van der Waals surface area contributed by atoms with Crippen molar-refractivity contribution < 1.29 is 5.11 Å². The van der Waals surface area contributed by atoms with Gasteiger partial charge >= 0.3 is 0 Å². The van der Waals surface area contributed by atoms with E-state index < -0.39 is 0 Å². The molecule has 0 aliphatic carbocycles. The van der Waals surface area contributed by atoms with Crippen molar-refractivity contribution in [1.29, 1.82) is 0 Å². The van der Waals surface area contributed by atoms with E-state index in [1.54, 1.807) is 12.1 Å². The van der Waals surface area contributed by atoms with Crippen molar-refractivity contribution in [2.75, 3.05) is 5.73 Å². The lowest BCUT2D eigenvalue weighted by Gasteiger charge is -2.04. The van der Waals surface area contributed by atoms with Crippen molar-refractivity contribution >= 4 is 28.3 Å². The number of anilines is 1. The molecular formula is C12H10INO. The number of nitrogens with two attached hydrogens (primary N) is 1. The average Bonchev–Trinajstić information content (AvgIpc) is 2.22. The summed E-state index contributed by atoms with van der Waals surface area (Å²) in [5, 5.41) is 9.37. The smallest absolute Gasteiger partial charge is 0.116 e. The molecule has 0 saturated carbocycles. The molecule has 0 saturated heterocycles. The Morgan fingerprint density at radius 1 is 1.00 bits per heavy atom. The molecule has 2 rings (SSSR count). The van der Waals surface area contributed by atoms with Gasteiger partial charge in [0.15, 0.2) is 0 Å². The van der Waals surface area contributed by atoms with Crippen LogP contribution in [0.4, 0.5) is 5.69 Å². The molecule has 2 nitrogen and oxygen atoms in total. The Hall–Kier alpha value is -1.23. The van der Waals surface area contributed by atoms with Crippen molar-refractivity contribution in [2.24, 2.45) is 0 Å². The third-order valence-corrected chi connectivity index (χ3v) is 3.11. The van der Waals surface area contributed by atoms with Crippen molar-refractivity contribution in [3.63, 3.8) is 0 Å². The van der Waals surface area contributed by atoms with Gasteiger partial charge in [-0.15, -0.1) is 0 Å². The van der Waals surface area contributed by atoms with Gasteiger partial charge in [-0.25, -0.2) is 0 Å². The average molecular weight is 311 g/mol. The Balaban J connectivity index is 2.50. The summed E-state index contributed by atoms with van der Waals surface area (Å²) in [7, 11) is 0. The molecule has 76 valence electrons. The minimum atomic E-state index is 0.277. The fourth-order valence-electron chi connectivity index (χ4n) is 1.39. The highest BCUT2D eigenvalue weighted by Crippen LogP contribution is 2.26. The molecule has 0 spiro atoms. The lowest BCUT2D eigenvalue weighted by atomic mass is 10.1. The second-order valence-corrected chi connectivity index (χ2v) is 4.45. The number of nitrogen functional groups attached to an aromatic ring is 1. The van der Waals surface area contributed by atoms with Crippen LogP contribution < -0.4 is 5.73 Å². The predicted molar refractivity (Wildman–Crippen MR) is 70.7 cm³/mol. The predicted octanol–water partition coefficient (Wildman–Crippen LogP) is 3.25. The Bertz CT molecular complexity index is 497. The first-order valence-corrected chi connectivity index (χ1v) is 5.59. The molecule has 0 fully saturated rings. The molecule has 2 aromatic carbocycles. The molecule has 0 aliphatic rings. The van der Waals surface area contributed by atoms with Crippen LogP contribution in [0.15, 0.2) is 42.5 Å². The van der Waals surface area contributed by atoms with Crippen molar-refractivity contribution in [2.45, 2.75) is 0 Å². The Kier molecular flexibility index (Phi) is 2.81. The number of hydrogen-bond donors (Lipinski definition) is 2. The summed E-state index contributed by atoms with van der Waals surface area (Å²) >= 11 is 2.20. The van der Waals surface area contributed by atoms with Gasteiger partial charge in [0.05, 0.1) is 0 Å². The molecular weight excluding hydrogens is 301 g/mol. The van der Waals surface area contributed by atoms with Crippen LogP contribution in [0.3, 0.4) is 0 Å². The molecule has 0 aliphatic heterocycles. The second kappa shape index (κ2) is 4.10. The van der Waals surface area contributed by atoms with E-state index >= 15 is 0 Å². The van der Waals surface area contributed by atoms with Crippen LogP contribution in [0.1, 0.15) is 0 Å². The summed E-state index contributed by atoms with van der Waals surface area (Å²) in [6, 6.07) is 13.0. The largest absolute Gasteiger partial charge is 0.508 e. The van der Waals surface area contributed by atoms with Crippen LogP contribution in [0.2, 0.25) is 0 Å². The molecule has 0 atom stereocenters. The summed E-state index contributed by atoms with van der Waals surface area (Å²) in [5.41, 5.74) is 8.57. The number of benzene rings is 2. The van der Waals surface area contributed by atoms with Gasteiger partial charge in [0.25, 0.3) is 0 Å². The van der Waals surface area contributed by atoms with Crippen molar-refractivity contribution in [3.8, 4) is 16.9 Å². The van der Waals surface area contributed by atoms with Crippen LogP contribution in [0, 0.1) is 3.57 Å². The number of halogens is 1. The maximum atomic E-state index is 9.37. The van der Waals surface area contributed by atoms with Crippen LogP contribution in [0.5, 0.6) is 5.75 Å². The van der Waals surface area contributed by atoms with Gasteiger partial charge in [-0.05, 0) is 58.0 Å². The topological polar surface area (TPSA) is 46.2 Å². The first kappa shape index (κ1) is 10.3. The summed E-state index contributed by atoms with van der Waals surface area (Å²) in [5.74, 6) is 0.277. The van der Waals surface area contributed by atoms with E-state index in [-0.39, 0.29) is 5.75 Å². The van der Waals surface area contributed by atoms with E-state index in [1.807, 2.05) is 30.3 Å². The number of phenolic OH excluding ortho intramolecular Hbond substituents is 1. The summed E-state index contributed by atoms with van der Waals surface area (Å²) in [6.07, 6.45) is 0. The lowest BCUT2D eigenvalue weighted by Crippen LogP contribution is -1.89. The molecule has 0 radical (unpaired) electrons. The van der Waals surface area contributed by atoms with Crippen LogP contribution in [-0.2, 0) is 0 Å². The number of rotatable bonds is 1. The van der Waals surface area contributed by atoms with Crippen LogP contribution in [-0.4, -0.2) is 5.11 Å². The molecule has 0 unspecified atom stereocenters. The van der Waals surface area contributed by atoms with E-state index in [9.17, 15) is 5.11 Å². The number of phenols is 1. The number of hydrogen-bond acceptors (Lipinski definition) is 2.